The molecule has 2 aromatic rings. The summed E-state index contributed by atoms with van der Waals surface area (Å²) in [6, 6.07) is 0. The lowest BCUT2D eigenvalue weighted by Crippen LogP contribution is -2.42. The maximum Gasteiger partial charge on any atom is 0.332 e. The second-order valence-corrected chi connectivity index (χ2v) is 4.86. The molecule has 2 N–H and O–H groups in total. The third-order valence-electron chi connectivity index (χ3n) is 2.81. The molecule has 20 heavy (non-hydrogen) atoms. The number of halogens is 1. The van der Waals surface area contributed by atoms with E-state index in [9.17, 15) is 14.4 Å². The van der Waals surface area contributed by atoms with Crippen LogP contribution in [0.15, 0.2) is 27.0 Å². The molecule has 0 bridgehead atoms. The zero-order valence-corrected chi connectivity index (χ0v) is 12.3. The van der Waals surface area contributed by atoms with Crippen LogP contribution in [0.5, 0.6) is 0 Å². The van der Waals surface area contributed by atoms with Gasteiger partial charge in [-0.2, -0.15) is 0 Å². The quantitative estimate of drug-likeness (QED) is 0.588. The van der Waals surface area contributed by atoms with Crippen LogP contribution in [0.1, 0.15) is 0 Å². The van der Waals surface area contributed by atoms with Crippen molar-refractivity contribution in [3.05, 3.63) is 38.2 Å². The van der Waals surface area contributed by atoms with Crippen molar-refractivity contribution in [3.8, 4) is 0 Å². The van der Waals surface area contributed by atoms with Gasteiger partial charge in [0.05, 0.1) is 0 Å². The van der Waals surface area contributed by atoms with Gasteiger partial charge in [0, 0.05) is 13.6 Å². The molecular weight excluding hydrogens is 330 g/mol. The van der Waals surface area contributed by atoms with E-state index in [1.54, 1.807) is 10.6 Å². The molecule has 0 unspecified atom stereocenters. The average Bonchev–Trinajstić information content (AvgIpc) is 2.70. The largest absolute Gasteiger partial charge is 0.368 e. The van der Waals surface area contributed by atoms with Crippen molar-refractivity contribution < 1.29 is 4.79 Å². The van der Waals surface area contributed by atoms with Gasteiger partial charge in [0.15, 0.2) is 15.9 Å². The monoisotopic (exact) mass is 341 g/mol. The molecule has 2 heterocycles. The first-order valence-electron chi connectivity index (χ1n) is 5.63. The maximum absolute atomic E-state index is 12.4. The van der Waals surface area contributed by atoms with Crippen LogP contribution in [-0.2, 0) is 24.9 Å². The summed E-state index contributed by atoms with van der Waals surface area (Å²) >= 11 is 3.23. The van der Waals surface area contributed by atoms with Crippen LogP contribution < -0.4 is 17.0 Å². The number of carbonyl (C=O) groups excluding carboxylic acids is 1. The highest BCUT2D eigenvalue weighted by molar-refractivity contribution is 9.10. The number of aryl methyl sites for hydroxylation is 1. The van der Waals surface area contributed by atoms with Gasteiger partial charge in [0.2, 0.25) is 5.91 Å². The number of amides is 1. The Morgan fingerprint density at radius 3 is 2.65 bits per heavy atom. The summed E-state index contributed by atoms with van der Waals surface area (Å²) in [6.45, 7) is 3.46. The molecule has 0 saturated heterocycles. The van der Waals surface area contributed by atoms with Gasteiger partial charge in [-0.3, -0.25) is 14.2 Å². The van der Waals surface area contributed by atoms with E-state index in [1.807, 2.05) is 0 Å². The van der Waals surface area contributed by atoms with Gasteiger partial charge in [0.25, 0.3) is 5.56 Å². The molecular formula is C11H12BrN5O3. The van der Waals surface area contributed by atoms with E-state index in [4.69, 9.17) is 5.73 Å². The number of imidazole rings is 1. The fourth-order valence-corrected chi connectivity index (χ4v) is 2.43. The lowest BCUT2D eigenvalue weighted by Gasteiger charge is -2.07. The highest BCUT2D eigenvalue weighted by atomic mass is 79.9. The first-order valence-corrected chi connectivity index (χ1v) is 6.42. The molecule has 0 radical (unpaired) electrons. The van der Waals surface area contributed by atoms with Crippen LogP contribution in [0.4, 0.5) is 0 Å². The number of nitrogens with zero attached hydrogens (tertiary/aromatic N) is 4. The van der Waals surface area contributed by atoms with Crippen molar-refractivity contribution in [1.82, 2.24) is 18.7 Å². The first kappa shape index (κ1) is 14.3. The Labute approximate surface area is 121 Å². The molecule has 0 aliphatic heterocycles. The number of hydrogen-bond donors (Lipinski definition) is 1. The van der Waals surface area contributed by atoms with E-state index in [1.165, 1.54) is 11.6 Å². The van der Waals surface area contributed by atoms with Crippen LogP contribution in [-0.4, -0.2) is 24.6 Å². The molecule has 0 spiro atoms. The molecule has 106 valence electrons. The molecule has 2 rings (SSSR count). The predicted octanol–water partition coefficient (Wildman–Crippen LogP) is -0.670. The van der Waals surface area contributed by atoms with Crippen molar-refractivity contribution >= 4 is 33.0 Å². The summed E-state index contributed by atoms with van der Waals surface area (Å²) in [5.74, 6) is -0.766. The summed E-state index contributed by atoms with van der Waals surface area (Å²) in [5, 5.41) is 0. The molecule has 9 heteroatoms. The topological polar surface area (TPSA) is 105 Å². The number of primary amides is 1. The van der Waals surface area contributed by atoms with Gasteiger partial charge in [-0.15, -0.1) is 6.58 Å². The van der Waals surface area contributed by atoms with Gasteiger partial charge in [-0.1, -0.05) is 6.08 Å². The van der Waals surface area contributed by atoms with Crippen LogP contribution >= 0.6 is 15.9 Å². The number of aromatic nitrogens is 4. The zero-order chi connectivity index (χ0) is 15.0. The number of fused-ring (bicyclic) bond motifs is 1. The summed E-state index contributed by atoms with van der Waals surface area (Å²) < 4.78 is 3.95. The Kier molecular flexibility index (Phi) is 3.62. The normalized spacial score (nSPS) is 10.9. The number of allylic oxidation sites excluding steroid dienone is 1. The van der Waals surface area contributed by atoms with Gasteiger partial charge >= 0.3 is 5.69 Å². The SMILES string of the molecule is C=CCn1c(Br)nc2c1c(=O)n(CC(N)=O)c(=O)n2C. The lowest BCUT2D eigenvalue weighted by molar-refractivity contribution is -0.118. The Balaban J connectivity index is 2.95. The number of rotatable bonds is 4. The van der Waals surface area contributed by atoms with Crippen molar-refractivity contribution in [2.24, 2.45) is 12.8 Å². The molecule has 2 aromatic heterocycles. The highest BCUT2D eigenvalue weighted by Crippen LogP contribution is 2.15. The smallest absolute Gasteiger partial charge is 0.332 e. The van der Waals surface area contributed by atoms with Gasteiger partial charge in [-0.05, 0) is 15.9 Å². The summed E-state index contributed by atoms with van der Waals surface area (Å²) in [4.78, 5) is 39.6. The zero-order valence-electron chi connectivity index (χ0n) is 10.7. The minimum Gasteiger partial charge on any atom is -0.368 e. The molecule has 0 aromatic carbocycles. The van der Waals surface area contributed by atoms with E-state index in [0.29, 0.717) is 11.3 Å². The Hall–Kier alpha value is -2.16. The summed E-state index contributed by atoms with van der Waals surface area (Å²) in [7, 11) is 1.47. The fraction of sp³-hybridized carbons (Fsp3) is 0.273. The standard InChI is InChI=1S/C11H12BrN5O3/c1-3-4-16-7-8(14-10(16)12)15(2)11(20)17(9(7)19)5-6(13)18/h3H,1,4-5H2,2H3,(H2,13,18). The van der Waals surface area contributed by atoms with Crippen LogP contribution in [0, 0.1) is 0 Å². The van der Waals surface area contributed by atoms with Crippen molar-refractivity contribution in [1.29, 1.82) is 0 Å². The van der Waals surface area contributed by atoms with Crippen molar-refractivity contribution in [3.63, 3.8) is 0 Å². The van der Waals surface area contributed by atoms with Crippen LogP contribution in [0.3, 0.4) is 0 Å². The third kappa shape index (κ3) is 2.09. The molecule has 0 aliphatic carbocycles. The molecule has 0 atom stereocenters. The van der Waals surface area contributed by atoms with Crippen LogP contribution in [0.2, 0.25) is 0 Å². The van der Waals surface area contributed by atoms with Crippen LogP contribution in [0.25, 0.3) is 11.2 Å². The van der Waals surface area contributed by atoms with E-state index in [2.05, 4.69) is 27.5 Å². The highest BCUT2D eigenvalue weighted by Gasteiger charge is 2.19. The third-order valence-corrected chi connectivity index (χ3v) is 3.42. The Morgan fingerprint density at radius 2 is 2.10 bits per heavy atom. The average molecular weight is 342 g/mol. The van der Waals surface area contributed by atoms with Gasteiger partial charge in [-0.25, -0.2) is 14.3 Å². The lowest BCUT2D eigenvalue weighted by atomic mass is 10.4. The van der Waals surface area contributed by atoms with E-state index < -0.39 is 23.7 Å². The number of nitrogens with two attached hydrogens (primary N) is 1. The predicted molar refractivity (Wildman–Crippen MR) is 76.3 cm³/mol. The summed E-state index contributed by atoms with van der Waals surface area (Å²) in [5.41, 5.74) is 4.25. The van der Waals surface area contributed by atoms with Gasteiger partial charge < -0.3 is 10.3 Å². The Bertz CT molecular complexity index is 829. The minimum absolute atomic E-state index is 0.208. The summed E-state index contributed by atoms with van der Waals surface area (Å²) in [6.07, 6.45) is 1.59. The number of hydrogen-bond acceptors (Lipinski definition) is 4. The second-order valence-electron chi connectivity index (χ2n) is 4.15. The molecule has 8 nitrogen and oxygen atoms in total. The maximum atomic E-state index is 12.4. The molecule has 0 fully saturated rings. The second kappa shape index (κ2) is 5.08. The first-order chi connectivity index (χ1) is 9.38. The molecule has 1 amide bonds. The van der Waals surface area contributed by atoms with E-state index >= 15 is 0 Å². The van der Waals surface area contributed by atoms with Crippen molar-refractivity contribution in [2.45, 2.75) is 13.1 Å². The van der Waals surface area contributed by atoms with Gasteiger partial charge in [0.1, 0.15) is 6.54 Å². The molecule has 0 aliphatic rings. The Morgan fingerprint density at radius 1 is 1.45 bits per heavy atom. The van der Waals surface area contributed by atoms with E-state index in [-0.39, 0.29) is 11.2 Å². The minimum atomic E-state index is -0.766. The number of carbonyl (C=O) groups is 1. The fourth-order valence-electron chi connectivity index (χ4n) is 1.94. The van der Waals surface area contributed by atoms with E-state index in [0.717, 1.165) is 4.57 Å². The molecule has 0 saturated carbocycles. The van der Waals surface area contributed by atoms with Crippen molar-refractivity contribution in [2.75, 3.05) is 0 Å².